The first-order chi connectivity index (χ1) is 7.29. The van der Waals surface area contributed by atoms with Crippen LogP contribution in [0.25, 0.3) is 5.57 Å². The fourth-order valence-corrected chi connectivity index (χ4v) is 2.01. The van der Waals surface area contributed by atoms with Gasteiger partial charge in [0.2, 0.25) is 0 Å². The molecule has 0 fully saturated rings. The van der Waals surface area contributed by atoms with Crippen LogP contribution < -0.4 is 0 Å². The Bertz CT molecular complexity index is 373. The molecule has 0 saturated carbocycles. The molecule has 1 aliphatic carbocycles. The van der Waals surface area contributed by atoms with Gasteiger partial charge in [-0.05, 0) is 37.3 Å². The van der Waals surface area contributed by atoms with E-state index in [1.54, 1.807) is 0 Å². The van der Waals surface area contributed by atoms with E-state index in [1.807, 2.05) is 0 Å². The van der Waals surface area contributed by atoms with Gasteiger partial charge < -0.3 is 4.79 Å². The lowest BCUT2D eigenvalue weighted by molar-refractivity contribution is -0.111. The summed E-state index contributed by atoms with van der Waals surface area (Å²) in [6.45, 7) is 2.10. The van der Waals surface area contributed by atoms with Gasteiger partial charge in [-0.3, -0.25) is 0 Å². The highest BCUT2D eigenvalue weighted by Crippen LogP contribution is 2.29. The van der Waals surface area contributed by atoms with Crippen molar-refractivity contribution in [3.8, 4) is 0 Å². The summed E-state index contributed by atoms with van der Waals surface area (Å²) < 4.78 is 0. The zero-order valence-electron chi connectivity index (χ0n) is 9.07. The summed E-state index contributed by atoms with van der Waals surface area (Å²) in [4.78, 5) is 10.6. The molecule has 1 heteroatoms. The Kier molecular flexibility index (Phi) is 3.00. The number of carbonyl (C=O) groups is 1. The zero-order valence-corrected chi connectivity index (χ0v) is 9.07. The van der Waals surface area contributed by atoms with E-state index in [4.69, 9.17) is 0 Å². The van der Waals surface area contributed by atoms with Crippen LogP contribution in [-0.4, -0.2) is 6.29 Å². The monoisotopic (exact) mass is 200 g/mol. The highest BCUT2D eigenvalue weighted by atomic mass is 16.1. The van der Waals surface area contributed by atoms with Gasteiger partial charge in [-0.15, -0.1) is 0 Å². The van der Waals surface area contributed by atoms with Crippen LogP contribution in [-0.2, 0) is 4.79 Å². The molecule has 1 atom stereocenters. The van der Waals surface area contributed by atoms with Crippen LogP contribution in [0, 0.1) is 12.8 Å². The number of benzene rings is 1. The van der Waals surface area contributed by atoms with Crippen LogP contribution in [0.5, 0.6) is 0 Å². The molecule has 78 valence electrons. The summed E-state index contributed by atoms with van der Waals surface area (Å²) in [5.74, 6) is 0.249. The van der Waals surface area contributed by atoms with E-state index in [0.29, 0.717) is 0 Å². The standard InChI is InChI=1S/C14H16O/c1-11-2-6-13(7-3-11)14-8-4-12(10-15)5-9-14/h2-3,6-8,10,12H,4-5,9H2,1H3. The lowest BCUT2D eigenvalue weighted by Crippen LogP contribution is -2.06. The smallest absolute Gasteiger partial charge is 0.123 e. The molecular formula is C14H16O. The van der Waals surface area contributed by atoms with Crippen LogP contribution in [0.15, 0.2) is 30.3 Å². The van der Waals surface area contributed by atoms with Gasteiger partial charge in [-0.1, -0.05) is 35.9 Å². The van der Waals surface area contributed by atoms with Crippen molar-refractivity contribution in [1.82, 2.24) is 0 Å². The second-order valence-electron chi connectivity index (χ2n) is 4.27. The van der Waals surface area contributed by atoms with Gasteiger partial charge in [-0.25, -0.2) is 0 Å². The molecule has 0 saturated heterocycles. The molecule has 0 spiro atoms. The lowest BCUT2D eigenvalue weighted by atomic mass is 9.87. The quantitative estimate of drug-likeness (QED) is 0.669. The number of allylic oxidation sites excluding steroid dienone is 2. The van der Waals surface area contributed by atoms with Gasteiger partial charge in [0, 0.05) is 5.92 Å². The molecule has 2 rings (SSSR count). The van der Waals surface area contributed by atoms with Crippen molar-refractivity contribution >= 4 is 11.9 Å². The first-order valence-corrected chi connectivity index (χ1v) is 5.51. The third-order valence-electron chi connectivity index (χ3n) is 3.07. The van der Waals surface area contributed by atoms with E-state index < -0.39 is 0 Å². The molecule has 1 aromatic rings. The van der Waals surface area contributed by atoms with Crippen molar-refractivity contribution in [3.63, 3.8) is 0 Å². The maximum atomic E-state index is 10.6. The molecule has 0 amide bonds. The minimum absolute atomic E-state index is 0.249. The second-order valence-corrected chi connectivity index (χ2v) is 4.27. The summed E-state index contributed by atoms with van der Waals surface area (Å²) in [6, 6.07) is 8.62. The molecule has 1 aromatic carbocycles. The van der Waals surface area contributed by atoms with Crippen LogP contribution in [0.1, 0.15) is 30.4 Å². The van der Waals surface area contributed by atoms with Crippen molar-refractivity contribution in [2.45, 2.75) is 26.2 Å². The SMILES string of the molecule is Cc1ccc(C2=CCC(C=O)CC2)cc1. The predicted molar refractivity (Wildman–Crippen MR) is 62.6 cm³/mol. The second kappa shape index (κ2) is 4.43. The number of hydrogen-bond donors (Lipinski definition) is 0. The Morgan fingerprint density at radius 3 is 2.53 bits per heavy atom. The van der Waals surface area contributed by atoms with E-state index in [0.717, 1.165) is 25.5 Å². The summed E-state index contributed by atoms with van der Waals surface area (Å²) in [5, 5.41) is 0. The molecule has 1 nitrogen and oxygen atoms in total. The fraction of sp³-hybridized carbons (Fsp3) is 0.357. The normalized spacial score (nSPS) is 20.9. The number of carbonyl (C=O) groups excluding carboxylic acids is 1. The van der Waals surface area contributed by atoms with E-state index in [2.05, 4.69) is 37.3 Å². The molecule has 0 N–H and O–H groups in total. The van der Waals surface area contributed by atoms with Crippen molar-refractivity contribution in [2.24, 2.45) is 5.92 Å². The highest BCUT2D eigenvalue weighted by molar-refractivity contribution is 5.68. The minimum atomic E-state index is 0.249. The topological polar surface area (TPSA) is 17.1 Å². The zero-order chi connectivity index (χ0) is 10.7. The Labute approximate surface area is 90.8 Å². The first kappa shape index (κ1) is 10.2. The maximum Gasteiger partial charge on any atom is 0.123 e. The van der Waals surface area contributed by atoms with Crippen LogP contribution >= 0.6 is 0 Å². The van der Waals surface area contributed by atoms with E-state index in [1.165, 1.54) is 16.7 Å². The number of aldehydes is 1. The highest BCUT2D eigenvalue weighted by Gasteiger charge is 2.13. The van der Waals surface area contributed by atoms with Crippen molar-refractivity contribution in [3.05, 3.63) is 41.5 Å². The lowest BCUT2D eigenvalue weighted by Gasteiger charge is -2.17. The molecular weight excluding hydrogens is 184 g/mol. The molecule has 0 heterocycles. The number of rotatable bonds is 2. The van der Waals surface area contributed by atoms with Gasteiger partial charge in [0.1, 0.15) is 6.29 Å². The van der Waals surface area contributed by atoms with E-state index >= 15 is 0 Å². The van der Waals surface area contributed by atoms with E-state index in [9.17, 15) is 4.79 Å². The average molecular weight is 200 g/mol. The first-order valence-electron chi connectivity index (χ1n) is 5.51. The predicted octanol–water partition coefficient (Wildman–Crippen LogP) is 3.38. The molecule has 0 aliphatic heterocycles. The van der Waals surface area contributed by atoms with Crippen molar-refractivity contribution in [1.29, 1.82) is 0 Å². The minimum Gasteiger partial charge on any atom is -0.303 e. The Hall–Kier alpha value is -1.37. The summed E-state index contributed by atoms with van der Waals surface area (Å²) >= 11 is 0. The average Bonchev–Trinajstić information content (AvgIpc) is 2.30. The van der Waals surface area contributed by atoms with Crippen molar-refractivity contribution in [2.75, 3.05) is 0 Å². The molecule has 1 unspecified atom stereocenters. The Morgan fingerprint density at radius 1 is 1.27 bits per heavy atom. The van der Waals surface area contributed by atoms with Gasteiger partial charge >= 0.3 is 0 Å². The van der Waals surface area contributed by atoms with Gasteiger partial charge in [-0.2, -0.15) is 0 Å². The van der Waals surface area contributed by atoms with Crippen molar-refractivity contribution < 1.29 is 4.79 Å². The maximum absolute atomic E-state index is 10.6. The largest absolute Gasteiger partial charge is 0.303 e. The third kappa shape index (κ3) is 2.35. The summed E-state index contributed by atoms with van der Waals surface area (Å²) in [6.07, 6.45) is 6.25. The molecule has 15 heavy (non-hydrogen) atoms. The van der Waals surface area contributed by atoms with Gasteiger partial charge in [0.05, 0.1) is 0 Å². The van der Waals surface area contributed by atoms with Gasteiger partial charge in [0.25, 0.3) is 0 Å². The molecule has 0 bridgehead atoms. The molecule has 0 radical (unpaired) electrons. The molecule has 0 aromatic heterocycles. The van der Waals surface area contributed by atoms with Crippen LogP contribution in [0.3, 0.4) is 0 Å². The summed E-state index contributed by atoms with van der Waals surface area (Å²) in [5.41, 5.74) is 4.00. The fourth-order valence-electron chi connectivity index (χ4n) is 2.01. The Balaban J connectivity index is 2.15. The van der Waals surface area contributed by atoms with Crippen LogP contribution in [0.4, 0.5) is 0 Å². The molecule has 1 aliphatic rings. The number of aryl methyl sites for hydroxylation is 1. The number of hydrogen-bond acceptors (Lipinski definition) is 1. The third-order valence-corrected chi connectivity index (χ3v) is 3.07. The van der Waals surface area contributed by atoms with Crippen LogP contribution in [0.2, 0.25) is 0 Å². The Morgan fingerprint density at radius 2 is 2.00 bits per heavy atom. The van der Waals surface area contributed by atoms with E-state index in [-0.39, 0.29) is 5.92 Å². The van der Waals surface area contributed by atoms with Gasteiger partial charge in [0.15, 0.2) is 0 Å². The summed E-state index contributed by atoms with van der Waals surface area (Å²) in [7, 11) is 0.